The molecule has 0 saturated heterocycles. The van der Waals surface area contributed by atoms with E-state index in [0.29, 0.717) is 25.0 Å². The summed E-state index contributed by atoms with van der Waals surface area (Å²) in [5, 5.41) is 0. The minimum Gasteiger partial charge on any atom is -0.494 e. The number of methoxy groups -OCH3 is 1. The summed E-state index contributed by atoms with van der Waals surface area (Å²) in [6.07, 6.45) is 1.12. The number of hydrogen-bond donors (Lipinski definition) is 1. The van der Waals surface area contributed by atoms with Gasteiger partial charge < -0.3 is 15.2 Å². The molecule has 2 aromatic rings. The molecule has 1 atom stereocenters. The van der Waals surface area contributed by atoms with Crippen molar-refractivity contribution in [2.24, 2.45) is 5.73 Å². The van der Waals surface area contributed by atoms with Crippen LogP contribution in [0.3, 0.4) is 0 Å². The maximum Gasteiger partial charge on any atom is 0.168 e. The molecule has 0 saturated carbocycles. The zero-order valence-corrected chi connectivity index (χ0v) is 12.1. The highest BCUT2D eigenvalue weighted by atomic mass is 19.1. The summed E-state index contributed by atoms with van der Waals surface area (Å²) in [6, 6.07) is 14.5. The Hall–Kier alpha value is -2.07. The molecule has 0 heterocycles. The third-order valence-corrected chi connectivity index (χ3v) is 3.25. The van der Waals surface area contributed by atoms with Gasteiger partial charge in [0, 0.05) is 6.04 Å². The minimum atomic E-state index is -0.334. The van der Waals surface area contributed by atoms with Gasteiger partial charge in [0.1, 0.15) is 5.75 Å². The fourth-order valence-electron chi connectivity index (χ4n) is 2.10. The van der Waals surface area contributed by atoms with Gasteiger partial charge in [-0.25, -0.2) is 4.39 Å². The maximum atomic E-state index is 14.0. The van der Waals surface area contributed by atoms with E-state index in [4.69, 9.17) is 15.2 Å². The van der Waals surface area contributed by atoms with Gasteiger partial charge in [-0.3, -0.25) is 0 Å². The number of rotatable bonds is 7. The van der Waals surface area contributed by atoms with E-state index in [1.807, 2.05) is 30.3 Å². The van der Waals surface area contributed by atoms with Gasteiger partial charge in [-0.2, -0.15) is 0 Å². The number of benzene rings is 2. The molecule has 0 aliphatic rings. The van der Waals surface area contributed by atoms with Crippen LogP contribution in [0.15, 0.2) is 48.5 Å². The quantitative estimate of drug-likeness (QED) is 0.851. The Morgan fingerprint density at radius 1 is 1.10 bits per heavy atom. The van der Waals surface area contributed by atoms with Crippen LogP contribution in [0.5, 0.6) is 11.5 Å². The normalized spacial score (nSPS) is 12.0. The van der Waals surface area contributed by atoms with E-state index in [2.05, 4.69) is 0 Å². The molecule has 112 valence electrons. The van der Waals surface area contributed by atoms with E-state index in [1.165, 1.54) is 7.11 Å². The van der Waals surface area contributed by atoms with Gasteiger partial charge >= 0.3 is 0 Å². The summed E-state index contributed by atoms with van der Waals surface area (Å²) in [4.78, 5) is 0. The van der Waals surface area contributed by atoms with Gasteiger partial charge in [0.25, 0.3) is 0 Å². The maximum absolute atomic E-state index is 14.0. The van der Waals surface area contributed by atoms with Crippen molar-refractivity contribution in [1.29, 1.82) is 0 Å². The SMILES string of the molecule is COc1cccc(CC(N)CCOc2ccccc2)c1F. The Morgan fingerprint density at radius 3 is 2.57 bits per heavy atom. The second kappa shape index (κ2) is 7.64. The summed E-state index contributed by atoms with van der Waals surface area (Å²) in [6.45, 7) is 0.511. The molecular weight excluding hydrogens is 269 g/mol. The van der Waals surface area contributed by atoms with E-state index in [1.54, 1.807) is 18.2 Å². The number of ether oxygens (including phenoxy) is 2. The van der Waals surface area contributed by atoms with Crippen LogP contribution < -0.4 is 15.2 Å². The number of para-hydroxylation sites is 1. The molecule has 0 aromatic heterocycles. The van der Waals surface area contributed by atoms with Gasteiger partial charge in [0.2, 0.25) is 0 Å². The van der Waals surface area contributed by atoms with E-state index in [0.717, 1.165) is 5.75 Å². The van der Waals surface area contributed by atoms with Crippen LogP contribution in [0.25, 0.3) is 0 Å². The van der Waals surface area contributed by atoms with Crippen LogP contribution in [0.4, 0.5) is 4.39 Å². The lowest BCUT2D eigenvalue weighted by Gasteiger charge is -2.14. The summed E-state index contributed by atoms with van der Waals surface area (Å²) >= 11 is 0. The van der Waals surface area contributed by atoms with Crippen LogP contribution in [-0.2, 0) is 6.42 Å². The summed E-state index contributed by atoms with van der Waals surface area (Å²) in [7, 11) is 1.45. The second-order valence-electron chi connectivity index (χ2n) is 4.85. The first-order valence-corrected chi connectivity index (χ1v) is 6.95. The molecule has 3 nitrogen and oxygen atoms in total. The topological polar surface area (TPSA) is 44.5 Å². The summed E-state index contributed by atoms with van der Waals surface area (Å²) in [5.74, 6) is 0.733. The Morgan fingerprint density at radius 2 is 1.86 bits per heavy atom. The zero-order valence-electron chi connectivity index (χ0n) is 12.1. The molecule has 0 bridgehead atoms. The molecule has 0 aliphatic heterocycles. The first kappa shape index (κ1) is 15.3. The van der Waals surface area contributed by atoms with Crippen molar-refractivity contribution in [1.82, 2.24) is 0 Å². The van der Waals surface area contributed by atoms with Crippen molar-refractivity contribution in [2.45, 2.75) is 18.9 Å². The highest BCUT2D eigenvalue weighted by molar-refractivity contribution is 5.31. The highest BCUT2D eigenvalue weighted by Crippen LogP contribution is 2.21. The average molecular weight is 289 g/mol. The van der Waals surface area contributed by atoms with Crippen molar-refractivity contribution in [3.05, 3.63) is 59.9 Å². The Labute approximate surface area is 124 Å². The van der Waals surface area contributed by atoms with Crippen molar-refractivity contribution in [3.63, 3.8) is 0 Å². The van der Waals surface area contributed by atoms with Crippen LogP contribution in [0.2, 0.25) is 0 Å². The molecule has 2 N–H and O–H groups in total. The number of hydrogen-bond acceptors (Lipinski definition) is 3. The van der Waals surface area contributed by atoms with Crippen LogP contribution in [0.1, 0.15) is 12.0 Å². The molecule has 4 heteroatoms. The summed E-state index contributed by atoms with van der Waals surface area (Å²) in [5.41, 5.74) is 6.61. The molecule has 0 amide bonds. The molecule has 2 aromatic carbocycles. The fraction of sp³-hybridized carbons (Fsp3) is 0.294. The monoisotopic (exact) mass is 289 g/mol. The fourth-order valence-corrected chi connectivity index (χ4v) is 2.10. The van der Waals surface area contributed by atoms with Crippen molar-refractivity contribution in [3.8, 4) is 11.5 Å². The lowest BCUT2D eigenvalue weighted by Crippen LogP contribution is -2.25. The summed E-state index contributed by atoms with van der Waals surface area (Å²) < 4.78 is 24.6. The zero-order chi connectivity index (χ0) is 15.1. The predicted molar refractivity (Wildman–Crippen MR) is 81.2 cm³/mol. The molecular formula is C17H20FNO2. The van der Waals surface area contributed by atoms with Crippen LogP contribution >= 0.6 is 0 Å². The van der Waals surface area contributed by atoms with Gasteiger partial charge in [-0.15, -0.1) is 0 Å². The minimum absolute atomic E-state index is 0.157. The molecule has 0 aliphatic carbocycles. The average Bonchev–Trinajstić information content (AvgIpc) is 2.50. The third-order valence-electron chi connectivity index (χ3n) is 3.25. The second-order valence-corrected chi connectivity index (χ2v) is 4.85. The molecule has 2 rings (SSSR count). The van der Waals surface area contributed by atoms with Gasteiger partial charge in [-0.05, 0) is 36.6 Å². The standard InChI is InChI=1S/C17H20FNO2/c1-20-16-9-5-6-13(17(16)18)12-14(19)10-11-21-15-7-3-2-4-8-15/h2-9,14H,10-12,19H2,1H3. The highest BCUT2D eigenvalue weighted by Gasteiger charge is 2.12. The van der Waals surface area contributed by atoms with Crippen molar-refractivity contribution in [2.75, 3.05) is 13.7 Å². The van der Waals surface area contributed by atoms with E-state index in [9.17, 15) is 4.39 Å². The van der Waals surface area contributed by atoms with Gasteiger partial charge in [-0.1, -0.05) is 30.3 Å². The molecule has 0 fully saturated rings. The smallest absolute Gasteiger partial charge is 0.168 e. The Kier molecular flexibility index (Phi) is 5.58. The lowest BCUT2D eigenvalue weighted by atomic mass is 10.0. The molecule has 1 unspecified atom stereocenters. The van der Waals surface area contributed by atoms with Crippen molar-refractivity contribution >= 4 is 0 Å². The first-order valence-electron chi connectivity index (χ1n) is 6.95. The molecule has 0 spiro atoms. The lowest BCUT2D eigenvalue weighted by molar-refractivity contribution is 0.296. The van der Waals surface area contributed by atoms with Crippen molar-refractivity contribution < 1.29 is 13.9 Å². The number of halogens is 1. The predicted octanol–water partition coefficient (Wildman–Crippen LogP) is 3.17. The number of nitrogens with two attached hydrogens (primary N) is 1. The molecule has 0 radical (unpaired) electrons. The van der Waals surface area contributed by atoms with E-state index >= 15 is 0 Å². The Balaban J connectivity index is 1.83. The third kappa shape index (κ3) is 4.46. The van der Waals surface area contributed by atoms with Gasteiger partial charge in [0.15, 0.2) is 11.6 Å². The van der Waals surface area contributed by atoms with Gasteiger partial charge in [0.05, 0.1) is 13.7 Å². The largest absolute Gasteiger partial charge is 0.494 e. The van der Waals surface area contributed by atoms with E-state index < -0.39 is 0 Å². The van der Waals surface area contributed by atoms with Crippen LogP contribution in [0, 0.1) is 5.82 Å². The molecule has 21 heavy (non-hydrogen) atoms. The van der Waals surface area contributed by atoms with E-state index in [-0.39, 0.29) is 17.6 Å². The first-order chi connectivity index (χ1) is 10.2. The Bertz CT molecular complexity index is 560. The van der Waals surface area contributed by atoms with Crippen LogP contribution in [-0.4, -0.2) is 19.8 Å².